The first-order valence-corrected chi connectivity index (χ1v) is 15.5. The first-order valence-electron chi connectivity index (χ1n) is 13.2. The highest BCUT2D eigenvalue weighted by molar-refractivity contribution is 14.1. The standard InChI is InChI=1S/C31H22ClF4IN2O5S/c1-3-43-29(41)24-25(17-6-8-19(32)9-7-17)39-28(40)23(45-30(39)38-27(24)31(34,35)36)13-18-12-21(37)14-22(42-2)26(18)44-15-16-4-10-20(33)11-5-16/h4-14,25H,3,15H2,1-2H3/b23-13-/t25-/m1/s1. The molecule has 14 heteroatoms. The molecule has 0 bridgehead atoms. The number of fused-ring (bicyclic) bond motifs is 1. The third-order valence-electron chi connectivity index (χ3n) is 6.63. The molecule has 0 amide bonds. The van der Waals surface area contributed by atoms with Gasteiger partial charge in [-0.1, -0.05) is 47.2 Å². The molecule has 1 aromatic heterocycles. The number of alkyl halides is 3. The molecule has 0 radical (unpaired) electrons. The quantitative estimate of drug-likeness (QED) is 0.119. The van der Waals surface area contributed by atoms with Gasteiger partial charge in [0.2, 0.25) is 0 Å². The van der Waals surface area contributed by atoms with Crippen molar-refractivity contribution in [3.8, 4) is 11.5 Å². The first kappa shape index (κ1) is 32.7. The lowest BCUT2D eigenvalue weighted by Crippen LogP contribution is -2.41. The highest BCUT2D eigenvalue weighted by atomic mass is 127. The van der Waals surface area contributed by atoms with E-state index >= 15 is 0 Å². The van der Waals surface area contributed by atoms with E-state index in [0.717, 1.165) is 19.5 Å². The van der Waals surface area contributed by atoms with Crippen molar-refractivity contribution in [3.05, 3.63) is 123 Å². The average Bonchev–Trinajstić information content (AvgIpc) is 3.30. The summed E-state index contributed by atoms with van der Waals surface area (Å²) in [7, 11) is 1.44. The Morgan fingerprint density at radius 3 is 2.44 bits per heavy atom. The highest BCUT2D eigenvalue weighted by Crippen LogP contribution is 2.39. The van der Waals surface area contributed by atoms with Crippen LogP contribution in [0.3, 0.4) is 0 Å². The molecule has 0 spiro atoms. The van der Waals surface area contributed by atoms with Crippen LogP contribution in [0.4, 0.5) is 17.6 Å². The van der Waals surface area contributed by atoms with E-state index in [1.807, 2.05) is 0 Å². The maximum absolute atomic E-state index is 14.4. The number of carbonyl (C=O) groups excluding carboxylic acids is 1. The molecule has 0 saturated carbocycles. The first-order chi connectivity index (χ1) is 21.4. The van der Waals surface area contributed by atoms with Gasteiger partial charge in [0.1, 0.15) is 12.4 Å². The summed E-state index contributed by atoms with van der Waals surface area (Å²) >= 11 is 8.82. The van der Waals surface area contributed by atoms with E-state index in [-0.39, 0.29) is 33.9 Å². The van der Waals surface area contributed by atoms with Gasteiger partial charge in [0.05, 0.1) is 29.9 Å². The number of ether oxygens (including phenoxy) is 3. The molecule has 1 aliphatic rings. The number of nitrogens with zero attached hydrogens (tertiary/aromatic N) is 2. The lowest BCUT2D eigenvalue weighted by Gasteiger charge is -2.26. The fraction of sp³-hybridized carbons (Fsp3) is 0.194. The van der Waals surface area contributed by atoms with E-state index in [9.17, 15) is 27.2 Å². The Balaban J connectivity index is 1.72. The molecule has 2 heterocycles. The zero-order chi connectivity index (χ0) is 32.5. The number of aromatic nitrogens is 1. The van der Waals surface area contributed by atoms with Gasteiger partial charge in [0, 0.05) is 14.2 Å². The second-order valence-corrected chi connectivity index (χ2v) is 12.2. The number of carbonyl (C=O) groups is 1. The minimum atomic E-state index is -5.04. The van der Waals surface area contributed by atoms with E-state index in [1.54, 1.807) is 24.3 Å². The van der Waals surface area contributed by atoms with Crippen LogP contribution in [-0.4, -0.2) is 30.4 Å². The number of halogens is 6. The average molecular weight is 773 g/mol. The smallest absolute Gasteiger partial charge is 0.434 e. The minimum absolute atomic E-state index is 0.0232. The van der Waals surface area contributed by atoms with E-state index < -0.39 is 40.8 Å². The maximum atomic E-state index is 14.4. The van der Waals surface area contributed by atoms with Gasteiger partial charge in [-0.05, 0) is 83.1 Å². The van der Waals surface area contributed by atoms with Gasteiger partial charge < -0.3 is 14.2 Å². The van der Waals surface area contributed by atoms with Crippen molar-refractivity contribution in [2.45, 2.75) is 25.7 Å². The second-order valence-electron chi connectivity index (χ2n) is 9.56. The van der Waals surface area contributed by atoms with Crippen molar-refractivity contribution in [1.82, 2.24) is 4.57 Å². The molecule has 0 N–H and O–H groups in total. The zero-order valence-electron chi connectivity index (χ0n) is 23.5. The Bertz CT molecular complexity index is 1970. The van der Waals surface area contributed by atoms with Gasteiger partial charge in [-0.25, -0.2) is 14.2 Å². The fourth-order valence-electron chi connectivity index (χ4n) is 4.68. The summed E-state index contributed by atoms with van der Waals surface area (Å²) in [6.07, 6.45) is -3.57. The predicted molar refractivity (Wildman–Crippen MR) is 169 cm³/mol. The number of benzene rings is 3. The summed E-state index contributed by atoms with van der Waals surface area (Å²) < 4.78 is 75.0. The zero-order valence-corrected chi connectivity index (χ0v) is 27.2. The molecule has 0 fully saturated rings. The number of allylic oxidation sites excluding steroid dienone is 1. The normalized spacial score (nSPS) is 15.0. The van der Waals surface area contributed by atoms with Crippen LogP contribution in [0.2, 0.25) is 5.02 Å². The molecule has 5 rings (SSSR count). The number of hydrogen-bond acceptors (Lipinski definition) is 7. The number of thiazole rings is 1. The summed E-state index contributed by atoms with van der Waals surface area (Å²) in [6, 6.07) is 13.4. The third kappa shape index (κ3) is 6.94. The number of hydrogen-bond donors (Lipinski definition) is 0. The van der Waals surface area contributed by atoms with E-state index in [2.05, 4.69) is 27.6 Å². The van der Waals surface area contributed by atoms with Gasteiger partial charge in [-0.2, -0.15) is 13.2 Å². The van der Waals surface area contributed by atoms with E-state index in [4.69, 9.17) is 25.8 Å². The Hall–Kier alpha value is -3.69. The molecular weight excluding hydrogens is 751 g/mol. The fourth-order valence-corrected chi connectivity index (χ4v) is 6.42. The monoisotopic (exact) mass is 772 g/mol. The molecule has 1 atom stereocenters. The van der Waals surface area contributed by atoms with Gasteiger partial charge in [-0.3, -0.25) is 9.36 Å². The van der Waals surface area contributed by atoms with Crippen LogP contribution in [0.15, 0.2) is 81.7 Å². The summed E-state index contributed by atoms with van der Waals surface area (Å²) in [5, 5.41) is 0.310. The van der Waals surface area contributed by atoms with Crippen LogP contribution in [-0.2, 0) is 16.1 Å². The molecular formula is C31H22ClF4IN2O5S. The number of esters is 1. The molecule has 0 aliphatic carbocycles. The van der Waals surface area contributed by atoms with E-state index in [1.165, 1.54) is 56.5 Å². The van der Waals surface area contributed by atoms with Crippen molar-refractivity contribution in [1.29, 1.82) is 0 Å². The highest BCUT2D eigenvalue weighted by Gasteiger charge is 2.45. The van der Waals surface area contributed by atoms with Crippen molar-refractivity contribution < 1.29 is 36.6 Å². The lowest BCUT2D eigenvalue weighted by molar-refractivity contribution is -0.140. The van der Waals surface area contributed by atoms with Gasteiger partial charge in [0.15, 0.2) is 22.0 Å². The van der Waals surface area contributed by atoms with E-state index in [0.29, 0.717) is 21.9 Å². The van der Waals surface area contributed by atoms with Crippen LogP contribution in [0, 0.1) is 9.39 Å². The number of methoxy groups -OCH3 is 1. The van der Waals surface area contributed by atoms with Crippen LogP contribution in [0.25, 0.3) is 6.08 Å². The third-order valence-corrected chi connectivity index (χ3v) is 8.49. The Morgan fingerprint density at radius 2 is 1.82 bits per heavy atom. The molecule has 1 aliphatic heterocycles. The number of rotatable bonds is 8. The Labute approximate surface area is 276 Å². The van der Waals surface area contributed by atoms with Crippen LogP contribution >= 0.6 is 45.5 Å². The molecule has 3 aromatic carbocycles. The SMILES string of the molecule is CCOC(=O)C1=C(C(F)(F)F)N=c2s/c(=C\c3cc(I)cc(OC)c3OCc3ccc(F)cc3)c(=O)n2[C@@H]1c1ccc(Cl)cc1. The molecule has 4 aromatic rings. The minimum Gasteiger partial charge on any atom is -0.493 e. The van der Waals surface area contributed by atoms with Gasteiger partial charge >= 0.3 is 12.1 Å². The maximum Gasteiger partial charge on any atom is 0.434 e. The summed E-state index contributed by atoms with van der Waals surface area (Å²) in [5.74, 6) is -1.06. The topological polar surface area (TPSA) is 79.1 Å². The van der Waals surface area contributed by atoms with Crippen molar-refractivity contribution >= 4 is 57.6 Å². The molecule has 0 saturated heterocycles. The van der Waals surface area contributed by atoms with Crippen molar-refractivity contribution in [2.24, 2.45) is 4.99 Å². The molecule has 7 nitrogen and oxygen atoms in total. The lowest BCUT2D eigenvalue weighted by atomic mass is 9.95. The van der Waals surface area contributed by atoms with Gasteiger partial charge in [0.25, 0.3) is 5.56 Å². The van der Waals surface area contributed by atoms with Crippen molar-refractivity contribution in [3.63, 3.8) is 0 Å². The van der Waals surface area contributed by atoms with Crippen LogP contribution in [0.1, 0.15) is 29.7 Å². The summed E-state index contributed by atoms with van der Waals surface area (Å²) in [5.41, 5.74) is -1.70. The summed E-state index contributed by atoms with van der Waals surface area (Å²) in [6.45, 7) is 1.30. The van der Waals surface area contributed by atoms with Crippen LogP contribution in [0.5, 0.6) is 11.5 Å². The Kier molecular flexibility index (Phi) is 9.70. The van der Waals surface area contributed by atoms with Crippen molar-refractivity contribution in [2.75, 3.05) is 13.7 Å². The summed E-state index contributed by atoms with van der Waals surface area (Å²) in [4.78, 5) is 30.6. The predicted octanol–water partition coefficient (Wildman–Crippen LogP) is 6.33. The molecule has 234 valence electrons. The largest absolute Gasteiger partial charge is 0.493 e. The molecule has 45 heavy (non-hydrogen) atoms. The second kappa shape index (κ2) is 13.3. The van der Waals surface area contributed by atoms with Gasteiger partial charge in [-0.15, -0.1) is 0 Å². The molecule has 0 unspecified atom stereocenters. The Morgan fingerprint density at radius 1 is 1.13 bits per heavy atom. The van der Waals surface area contributed by atoms with Crippen LogP contribution < -0.4 is 24.4 Å².